The van der Waals surface area contributed by atoms with Crippen LogP contribution in [-0.2, 0) is 6.54 Å². The van der Waals surface area contributed by atoms with Gasteiger partial charge in [0.2, 0.25) is 0 Å². The first-order valence-corrected chi connectivity index (χ1v) is 5.06. The Balaban J connectivity index is 2.39. The van der Waals surface area contributed by atoms with Crippen LogP contribution in [0.25, 0.3) is 10.6 Å². The molecule has 4 nitrogen and oxygen atoms in total. The molecular weight excluding hydrogens is 196 g/mol. The lowest BCUT2D eigenvalue weighted by Gasteiger charge is -1.95. The molecule has 0 radical (unpaired) electrons. The number of rotatable bonds is 2. The van der Waals surface area contributed by atoms with Gasteiger partial charge in [-0.2, -0.15) is 0 Å². The number of hydrogen-bond acceptors (Lipinski definition) is 5. The maximum Gasteiger partial charge on any atom is 0.147 e. The van der Waals surface area contributed by atoms with Gasteiger partial charge in [0.1, 0.15) is 10.0 Å². The number of nitrogens with two attached hydrogens (primary N) is 1. The van der Waals surface area contributed by atoms with Crippen LogP contribution < -0.4 is 5.73 Å². The molecule has 0 amide bonds. The van der Waals surface area contributed by atoms with Crippen LogP contribution in [0.3, 0.4) is 0 Å². The molecule has 0 bridgehead atoms. The SMILES string of the molecule is Cc1cc(-c2nnc(CN)s2)ccn1. The predicted molar refractivity (Wildman–Crippen MR) is 55.8 cm³/mol. The van der Waals surface area contributed by atoms with E-state index in [2.05, 4.69) is 15.2 Å². The van der Waals surface area contributed by atoms with Crippen molar-refractivity contribution in [1.29, 1.82) is 0 Å². The van der Waals surface area contributed by atoms with E-state index in [0.717, 1.165) is 21.3 Å². The van der Waals surface area contributed by atoms with Gasteiger partial charge >= 0.3 is 0 Å². The summed E-state index contributed by atoms with van der Waals surface area (Å²) in [4.78, 5) is 4.12. The van der Waals surface area contributed by atoms with E-state index in [1.165, 1.54) is 11.3 Å². The lowest BCUT2D eigenvalue weighted by Crippen LogP contribution is -1.94. The summed E-state index contributed by atoms with van der Waals surface area (Å²) in [6.45, 7) is 2.40. The molecule has 0 aromatic carbocycles. The largest absolute Gasteiger partial charge is 0.324 e. The summed E-state index contributed by atoms with van der Waals surface area (Å²) in [5.41, 5.74) is 7.50. The minimum atomic E-state index is 0.446. The van der Waals surface area contributed by atoms with Crippen LogP contribution in [0.4, 0.5) is 0 Å². The fourth-order valence-electron chi connectivity index (χ4n) is 1.13. The van der Waals surface area contributed by atoms with Crippen molar-refractivity contribution in [3.05, 3.63) is 29.0 Å². The van der Waals surface area contributed by atoms with Crippen LogP contribution >= 0.6 is 11.3 Å². The highest BCUT2D eigenvalue weighted by Crippen LogP contribution is 2.22. The summed E-state index contributed by atoms with van der Waals surface area (Å²) in [6, 6.07) is 3.91. The van der Waals surface area contributed by atoms with Gasteiger partial charge in [0.05, 0.1) is 0 Å². The molecule has 0 unspecified atom stereocenters. The van der Waals surface area contributed by atoms with Crippen molar-refractivity contribution in [1.82, 2.24) is 15.2 Å². The molecule has 0 aliphatic rings. The summed E-state index contributed by atoms with van der Waals surface area (Å²) in [5, 5.41) is 9.78. The molecule has 2 heterocycles. The van der Waals surface area contributed by atoms with E-state index >= 15 is 0 Å². The van der Waals surface area contributed by atoms with Gasteiger partial charge in [-0.3, -0.25) is 4.98 Å². The minimum absolute atomic E-state index is 0.446. The molecule has 0 spiro atoms. The maximum atomic E-state index is 5.47. The lowest BCUT2D eigenvalue weighted by molar-refractivity contribution is 0.960. The molecule has 14 heavy (non-hydrogen) atoms. The zero-order valence-electron chi connectivity index (χ0n) is 7.77. The summed E-state index contributed by atoms with van der Waals surface area (Å²) < 4.78 is 0. The third kappa shape index (κ3) is 1.78. The van der Waals surface area contributed by atoms with Crippen molar-refractivity contribution >= 4 is 11.3 Å². The maximum absolute atomic E-state index is 5.47. The van der Waals surface area contributed by atoms with E-state index in [9.17, 15) is 0 Å². The van der Waals surface area contributed by atoms with E-state index in [-0.39, 0.29) is 0 Å². The Bertz CT molecular complexity index is 438. The monoisotopic (exact) mass is 206 g/mol. The summed E-state index contributed by atoms with van der Waals surface area (Å²) >= 11 is 1.52. The van der Waals surface area contributed by atoms with Gasteiger partial charge in [-0.25, -0.2) is 0 Å². The predicted octanol–water partition coefficient (Wildman–Crippen LogP) is 1.37. The average molecular weight is 206 g/mol. The molecular formula is C9H10N4S. The second kappa shape index (κ2) is 3.81. The van der Waals surface area contributed by atoms with Gasteiger partial charge in [-0.1, -0.05) is 11.3 Å². The van der Waals surface area contributed by atoms with Crippen LogP contribution in [0.1, 0.15) is 10.7 Å². The van der Waals surface area contributed by atoms with Crippen molar-refractivity contribution in [2.45, 2.75) is 13.5 Å². The highest BCUT2D eigenvalue weighted by molar-refractivity contribution is 7.14. The quantitative estimate of drug-likeness (QED) is 0.806. The smallest absolute Gasteiger partial charge is 0.147 e. The van der Waals surface area contributed by atoms with E-state index in [0.29, 0.717) is 6.54 Å². The third-order valence-electron chi connectivity index (χ3n) is 1.79. The normalized spacial score (nSPS) is 10.4. The Morgan fingerprint density at radius 2 is 2.29 bits per heavy atom. The Hall–Kier alpha value is -1.33. The first kappa shape index (κ1) is 9.23. The van der Waals surface area contributed by atoms with Crippen LogP contribution in [-0.4, -0.2) is 15.2 Å². The van der Waals surface area contributed by atoms with Crippen molar-refractivity contribution in [2.75, 3.05) is 0 Å². The standard InChI is InChI=1S/C9H10N4S/c1-6-4-7(2-3-11-6)9-13-12-8(5-10)14-9/h2-4H,5,10H2,1H3. The first-order valence-electron chi connectivity index (χ1n) is 4.25. The van der Waals surface area contributed by atoms with Gasteiger partial charge in [-0.15, -0.1) is 10.2 Å². The number of pyridine rings is 1. The molecule has 2 rings (SSSR count). The first-order chi connectivity index (χ1) is 6.79. The molecule has 0 aliphatic carbocycles. The van der Waals surface area contributed by atoms with Crippen LogP contribution in [0.5, 0.6) is 0 Å². The molecule has 0 atom stereocenters. The van der Waals surface area contributed by atoms with E-state index < -0.39 is 0 Å². The molecule has 0 saturated carbocycles. The molecule has 0 fully saturated rings. The summed E-state index contributed by atoms with van der Waals surface area (Å²) in [5.74, 6) is 0. The van der Waals surface area contributed by atoms with E-state index in [1.807, 2.05) is 19.1 Å². The summed E-state index contributed by atoms with van der Waals surface area (Å²) in [7, 11) is 0. The van der Waals surface area contributed by atoms with Gasteiger partial charge in [0.15, 0.2) is 0 Å². The van der Waals surface area contributed by atoms with Gasteiger partial charge in [-0.05, 0) is 19.1 Å². The average Bonchev–Trinajstić information content (AvgIpc) is 2.66. The second-order valence-corrected chi connectivity index (χ2v) is 3.95. The fourth-order valence-corrected chi connectivity index (χ4v) is 1.85. The van der Waals surface area contributed by atoms with Crippen molar-refractivity contribution in [2.24, 2.45) is 5.73 Å². The Kier molecular flexibility index (Phi) is 2.51. The van der Waals surface area contributed by atoms with Crippen molar-refractivity contribution < 1.29 is 0 Å². The van der Waals surface area contributed by atoms with E-state index in [4.69, 9.17) is 5.73 Å². The fraction of sp³-hybridized carbons (Fsp3) is 0.222. The minimum Gasteiger partial charge on any atom is -0.324 e. The molecule has 2 aromatic heterocycles. The number of aryl methyl sites for hydroxylation is 1. The van der Waals surface area contributed by atoms with Crippen molar-refractivity contribution in [3.63, 3.8) is 0 Å². The molecule has 2 aromatic rings. The number of aromatic nitrogens is 3. The Labute approximate surface area is 85.8 Å². The Morgan fingerprint density at radius 3 is 2.93 bits per heavy atom. The van der Waals surface area contributed by atoms with Crippen LogP contribution in [0, 0.1) is 6.92 Å². The molecule has 0 saturated heterocycles. The van der Waals surface area contributed by atoms with Crippen molar-refractivity contribution in [3.8, 4) is 10.6 Å². The van der Waals surface area contributed by atoms with E-state index in [1.54, 1.807) is 6.20 Å². The lowest BCUT2D eigenvalue weighted by atomic mass is 10.2. The highest BCUT2D eigenvalue weighted by atomic mass is 32.1. The Morgan fingerprint density at radius 1 is 1.43 bits per heavy atom. The van der Waals surface area contributed by atoms with Gasteiger partial charge in [0, 0.05) is 24.0 Å². The highest BCUT2D eigenvalue weighted by Gasteiger charge is 2.05. The second-order valence-electron chi connectivity index (χ2n) is 2.89. The number of hydrogen-bond donors (Lipinski definition) is 1. The van der Waals surface area contributed by atoms with Crippen LogP contribution in [0.15, 0.2) is 18.3 Å². The molecule has 72 valence electrons. The topological polar surface area (TPSA) is 64.7 Å². The van der Waals surface area contributed by atoms with Gasteiger partial charge in [0.25, 0.3) is 0 Å². The summed E-state index contributed by atoms with van der Waals surface area (Å²) in [6.07, 6.45) is 1.77. The molecule has 2 N–H and O–H groups in total. The third-order valence-corrected chi connectivity index (χ3v) is 2.78. The molecule has 0 aliphatic heterocycles. The van der Waals surface area contributed by atoms with Gasteiger partial charge < -0.3 is 5.73 Å². The zero-order chi connectivity index (χ0) is 9.97. The number of nitrogens with zero attached hydrogens (tertiary/aromatic N) is 3. The van der Waals surface area contributed by atoms with Crippen LogP contribution in [0.2, 0.25) is 0 Å². The molecule has 5 heteroatoms. The zero-order valence-corrected chi connectivity index (χ0v) is 8.58.